The normalized spacial score (nSPS) is 23.6. The number of pyridine rings is 1. The highest BCUT2D eigenvalue weighted by Crippen LogP contribution is 2.23. The Bertz CT molecular complexity index is 570. The fraction of sp³-hybridized carbons (Fsp3) is 0.471. The molecule has 1 aromatic carbocycles. The lowest BCUT2D eigenvalue weighted by Gasteiger charge is -2.21. The zero-order valence-electron chi connectivity index (χ0n) is 11.7. The summed E-state index contributed by atoms with van der Waals surface area (Å²) < 4.78 is 0. The van der Waals surface area contributed by atoms with Gasteiger partial charge in [-0.3, -0.25) is 4.98 Å². The first-order valence-corrected chi connectivity index (χ1v) is 7.98. The van der Waals surface area contributed by atoms with E-state index in [1.807, 2.05) is 12.3 Å². The number of aromatic nitrogens is 1. The molecule has 1 N–H and O–H groups in total. The molecule has 0 radical (unpaired) electrons. The van der Waals surface area contributed by atoms with Crippen LogP contribution in [0.3, 0.4) is 0 Å². The van der Waals surface area contributed by atoms with E-state index in [1.165, 1.54) is 36.6 Å². The Kier molecular flexibility index (Phi) is 4.54. The first kappa shape index (κ1) is 13.8. The first-order chi connectivity index (χ1) is 9.83. The van der Waals surface area contributed by atoms with Crippen LogP contribution in [0.25, 0.3) is 10.9 Å². The van der Waals surface area contributed by atoms with Gasteiger partial charge in [-0.2, -0.15) is 0 Å². The van der Waals surface area contributed by atoms with Crippen LogP contribution in [0, 0.1) is 0 Å². The maximum Gasteiger partial charge on any atom is 0.0702 e. The van der Waals surface area contributed by atoms with E-state index >= 15 is 0 Å². The molecule has 1 heterocycles. The van der Waals surface area contributed by atoms with Gasteiger partial charge in [0.1, 0.15) is 0 Å². The lowest BCUT2D eigenvalue weighted by Crippen LogP contribution is -2.35. The van der Waals surface area contributed by atoms with Crippen LogP contribution in [0.1, 0.15) is 37.7 Å². The van der Waals surface area contributed by atoms with Gasteiger partial charge in [0.05, 0.1) is 5.52 Å². The number of hydrogen-bond acceptors (Lipinski definition) is 2. The Morgan fingerprint density at radius 3 is 3.00 bits per heavy atom. The summed E-state index contributed by atoms with van der Waals surface area (Å²) in [6, 6.07) is 11.0. The summed E-state index contributed by atoms with van der Waals surface area (Å²) in [4.78, 5) is 4.36. The quantitative estimate of drug-likeness (QED) is 0.674. The van der Waals surface area contributed by atoms with Gasteiger partial charge in [-0.15, -0.1) is 11.6 Å². The van der Waals surface area contributed by atoms with Crippen molar-refractivity contribution in [1.29, 1.82) is 0 Å². The first-order valence-electron chi connectivity index (χ1n) is 7.54. The lowest BCUT2D eigenvalue weighted by atomic mass is 10.1. The zero-order valence-corrected chi connectivity index (χ0v) is 12.4. The van der Waals surface area contributed by atoms with Crippen molar-refractivity contribution in [3.8, 4) is 0 Å². The molecule has 1 aliphatic rings. The predicted molar refractivity (Wildman–Crippen MR) is 85.1 cm³/mol. The molecule has 2 atom stereocenters. The molecule has 1 saturated carbocycles. The highest BCUT2D eigenvalue weighted by molar-refractivity contribution is 6.21. The van der Waals surface area contributed by atoms with Crippen LogP contribution in [0.15, 0.2) is 36.5 Å². The van der Waals surface area contributed by atoms with E-state index in [0.717, 1.165) is 18.5 Å². The van der Waals surface area contributed by atoms with Crippen molar-refractivity contribution < 1.29 is 0 Å². The van der Waals surface area contributed by atoms with Crippen LogP contribution in [0.2, 0.25) is 0 Å². The second kappa shape index (κ2) is 6.55. The molecule has 106 valence electrons. The van der Waals surface area contributed by atoms with Crippen molar-refractivity contribution in [2.24, 2.45) is 0 Å². The standard InChI is InChI=1S/C17H21ClN2/c18-15-6-2-1-3-7-17(15)20-12-13-8-9-16-14(11-13)5-4-10-19-16/h4-5,8-11,15,17,20H,1-3,6-7,12H2. The fourth-order valence-corrected chi connectivity index (χ4v) is 3.35. The molecule has 2 nitrogen and oxygen atoms in total. The molecule has 3 heteroatoms. The minimum atomic E-state index is 0.277. The second-order valence-corrected chi connectivity index (χ2v) is 6.23. The monoisotopic (exact) mass is 288 g/mol. The molecular formula is C17H21ClN2. The molecule has 0 spiro atoms. The van der Waals surface area contributed by atoms with Crippen molar-refractivity contribution in [3.63, 3.8) is 0 Å². The van der Waals surface area contributed by atoms with Crippen molar-refractivity contribution in [2.45, 2.75) is 50.1 Å². The molecule has 1 fully saturated rings. The fourth-order valence-electron chi connectivity index (χ4n) is 2.98. The van der Waals surface area contributed by atoms with E-state index in [-0.39, 0.29) is 5.38 Å². The predicted octanol–water partition coefficient (Wildman–Crippen LogP) is 4.26. The van der Waals surface area contributed by atoms with Crippen LogP contribution in [-0.4, -0.2) is 16.4 Å². The van der Waals surface area contributed by atoms with E-state index < -0.39 is 0 Å². The molecule has 0 saturated heterocycles. The third-order valence-corrected chi connectivity index (χ3v) is 4.69. The van der Waals surface area contributed by atoms with Gasteiger partial charge in [-0.25, -0.2) is 0 Å². The molecule has 1 aromatic heterocycles. The Morgan fingerprint density at radius 2 is 2.05 bits per heavy atom. The third kappa shape index (κ3) is 3.31. The molecule has 0 aliphatic heterocycles. The van der Waals surface area contributed by atoms with E-state index in [4.69, 9.17) is 11.6 Å². The largest absolute Gasteiger partial charge is 0.308 e. The van der Waals surface area contributed by atoms with Gasteiger partial charge < -0.3 is 5.32 Å². The maximum atomic E-state index is 6.48. The van der Waals surface area contributed by atoms with Gasteiger partial charge in [0.15, 0.2) is 0 Å². The van der Waals surface area contributed by atoms with Crippen molar-refractivity contribution in [2.75, 3.05) is 0 Å². The number of nitrogens with zero attached hydrogens (tertiary/aromatic N) is 1. The molecular weight excluding hydrogens is 268 g/mol. The van der Waals surface area contributed by atoms with Crippen LogP contribution < -0.4 is 5.32 Å². The molecule has 2 aromatic rings. The van der Waals surface area contributed by atoms with Gasteiger partial charge >= 0.3 is 0 Å². The van der Waals surface area contributed by atoms with Crippen molar-refractivity contribution in [1.82, 2.24) is 10.3 Å². The zero-order chi connectivity index (χ0) is 13.8. The van der Waals surface area contributed by atoms with E-state index in [1.54, 1.807) is 0 Å². The molecule has 0 bridgehead atoms. The molecule has 1 aliphatic carbocycles. The van der Waals surface area contributed by atoms with Crippen LogP contribution in [0.4, 0.5) is 0 Å². The van der Waals surface area contributed by atoms with E-state index in [0.29, 0.717) is 6.04 Å². The van der Waals surface area contributed by atoms with Gasteiger partial charge in [0.25, 0.3) is 0 Å². The summed E-state index contributed by atoms with van der Waals surface area (Å²) in [6.45, 7) is 0.888. The highest BCUT2D eigenvalue weighted by Gasteiger charge is 2.20. The number of rotatable bonds is 3. The lowest BCUT2D eigenvalue weighted by molar-refractivity contribution is 0.465. The summed E-state index contributed by atoms with van der Waals surface area (Å²) in [5.41, 5.74) is 2.36. The average Bonchev–Trinajstić information content (AvgIpc) is 2.69. The molecule has 3 rings (SSSR count). The summed E-state index contributed by atoms with van der Waals surface area (Å²) in [5.74, 6) is 0. The van der Waals surface area contributed by atoms with Gasteiger partial charge in [-0.05, 0) is 36.6 Å². The Labute approximate surface area is 125 Å². The number of alkyl halides is 1. The summed E-state index contributed by atoms with van der Waals surface area (Å²) in [6.07, 6.45) is 8.06. The SMILES string of the molecule is ClC1CCCCCC1NCc1ccc2ncccc2c1. The number of benzene rings is 1. The Balaban J connectivity index is 1.66. The number of halogens is 1. The van der Waals surface area contributed by atoms with Crippen molar-refractivity contribution >= 4 is 22.5 Å². The van der Waals surface area contributed by atoms with Gasteiger partial charge in [-0.1, -0.05) is 31.4 Å². The summed E-state index contributed by atoms with van der Waals surface area (Å²) in [7, 11) is 0. The average molecular weight is 289 g/mol. The number of hydrogen-bond donors (Lipinski definition) is 1. The third-order valence-electron chi connectivity index (χ3n) is 4.17. The maximum absolute atomic E-state index is 6.48. The Morgan fingerprint density at radius 1 is 1.15 bits per heavy atom. The topological polar surface area (TPSA) is 24.9 Å². The summed E-state index contributed by atoms with van der Waals surface area (Å²) >= 11 is 6.48. The Hall–Kier alpha value is -1.12. The summed E-state index contributed by atoms with van der Waals surface area (Å²) in [5, 5.41) is 5.12. The highest BCUT2D eigenvalue weighted by atomic mass is 35.5. The van der Waals surface area contributed by atoms with E-state index in [9.17, 15) is 0 Å². The van der Waals surface area contributed by atoms with Crippen molar-refractivity contribution in [3.05, 3.63) is 42.1 Å². The number of fused-ring (bicyclic) bond motifs is 1. The molecule has 20 heavy (non-hydrogen) atoms. The van der Waals surface area contributed by atoms with E-state index in [2.05, 4.69) is 34.6 Å². The smallest absolute Gasteiger partial charge is 0.0702 e. The van der Waals surface area contributed by atoms with Crippen LogP contribution >= 0.6 is 11.6 Å². The minimum absolute atomic E-state index is 0.277. The number of nitrogens with one attached hydrogen (secondary N) is 1. The van der Waals surface area contributed by atoms with Crippen LogP contribution in [-0.2, 0) is 6.54 Å². The van der Waals surface area contributed by atoms with Gasteiger partial charge in [0.2, 0.25) is 0 Å². The second-order valence-electron chi connectivity index (χ2n) is 5.67. The van der Waals surface area contributed by atoms with Gasteiger partial charge in [0, 0.05) is 29.5 Å². The minimum Gasteiger partial charge on any atom is -0.308 e. The molecule has 0 amide bonds. The van der Waals surface area contributed by atoms with Crippen LogP contribution in [0.5, 0.6) is 0 Å². The molecule has 2 unspecified atom stereocenters.